The highest BCUT2D eigenvalue weighted by Gasteiger charge is 2.31. The second-order valence-corrected chi connectivity index (χ2v) is 6.86. The quantitative estimate of drug-likeness (QED) is 0.310. The second kappa shape index (κ2) is 9.57. The zero-order valence-electron chi connectivity index (χ0n) is 17.2. The third kappa shape index (κ3) is 4.97. The summed E-state index contributed by atoms with van der Waals surface area (Å²) in [7, 11) is 0. The van der Waals surface area contributed by atoms with Crippen molar-refractivity contribution in [1.82, 2.24) is 9.55 Å². The molecule has 2 N–H and O–H groups in total. The number of para-hydroxylation sites is 2. The Morgan fingerprint density at radius 2 is 1.34 bits per heavy atom. The Kier molecular flexibility index (Phi) is 6.60. The number of hydrogen-bond acceptors (Lipinski definition) is 11. The summed E-state index contributed by atoms with van der Waals surface area (Å²) in [5, 5.41) is 57.2. The van der Waals surface area contributed by atoms with E-state index in [0.717, 1.165) is 53.5 Å². The van der Waals surface area contributed by atoms with Crippen LogP contribution in [0.25, 0.3) is 5.69 Å². The number of nitro groups is 4. The fraction of sp³-hybridized carbons (Fsp3) is 0.111. The zero-order valence-corrected chi connectivity index (χ0v) is 17.2. The van der Waals surface area contributed by atoms with Crippen LogP contribution >= 0.6 is 0 Å². The molecule has 1 aromatic heterocycles. The Balaban J connectivity index is 2.00. The van der Waals surface area contributed by atoms with Crippen LogP contribution in [0.3, 0.4) is 0 Å². The lowest BCUT2D eigenvalue weighted by Gasteiger charge is -2.14. The van der Waals surface area contributed by atoms with Crippen molar-refractivity contribution in [3.05, 3.63) is 95.1 Å². The summed E-state index contributed by atoms with van der Waals surface area (Å²) < 4.78 is 0.970. The normalized spacial score (nSPS) is 11.4. The molecule has 1 heterocycles. The number of anilines is 1. The van der Waals surface area contributed by atoms with Crippen LogP contribution in [0, 0.1) is 40.5 Å². The van der Waals surface area contributed by atoms with E-state index in [-0.39, 0.29) is 5.69 Å². The summed E-state index contributed by atoms with van der Waals surface area (Å²) in [4.78, 5) is 57.6. The topological polar surface area (TPSA) is 240 Å². The molecule has 17 heteroatoms. The lowest BCUT2D eigenvalue weighted by atomic mass is 10.1. The second-order valence-electron chi connectivity index (χ2n) is 6.86. The van der Waals surface area contributed by atoms with Crippen LogP contribution in [-0.4, -0.2) is 46.4 Å². The SMILES string of the molecule is O=C(O)C(Cc1cn(-c2c([N+](=O)[O-])cccc2[N+](=O)[O-])cn1)Nc1c([N+](=O)[O-])cccc1[N+](=O)[O-]. The fourth-order valence-corrected chi connectivity index (χ4v) is 3.23. The molecule has 3 aromatic rings. The maximum absolute atomic E-state index is 11.8. The van der Waals surface area contributed by atoms with E-state index < -0.39 is 72.2 Å². The highest BCUT2D eigenvalue weighted by Crippen LogP contribution is 2.35. The van der Waals surface area contributed by atoms with Gasteiger partial charge in [-0.1, -0.05) is 0 Å². The van der Waals surface area contributed by atoms with E-state index in [1.54, 1.807) is 0 Å². The van der Waals surface area contributed by atoms with Crippen LogP contribution in [0.2, 0.25) is 0 Å². The number of nitrogens with one attached hydrogen (secondary N) is 1. The van der Waals surface area contributed by atoms with Gasteiger partial charge in [-0.05, 0) is 12.1 Å². The first-order valence-corrected chi connectivity index (χ1v) is 9.37. The number of rotatable bonds is 10. The van der Waals surface area contributed by atoms with Gasteiger partial charge >= 0.3 is 5.97 Å². The maximum atomic E-state index is 11.8. The fourth-order valence-electron chi connectivity index (χ4n) is 3.23. The van der Waals surface area contributed by atoms with Gasteiger partial charge in [-0.3, -0.25) is 45.0 Å². The number of aliphatic carboxylic acids is 1. The molecule has 180 valence electrons. The first-order chi connectivity index (χ1) is 16.5. The van der Waals surface area contributed by atoms with Gasteiger partial charge in [0.2, 0.25) is 5.69 Å². The third-order valence-corrected chi connectivity index (χ3v) is 4.72. The van der Waals surface area contributed by atoms with Gasteiger partial charge in [-0.2, -0.15) is 0 Å². The molecule has 0 aliphatic heterocycles. The van der Waals surface area contributed by atoms with Gasteiger partial charge in [0.15, 0.2) is 5.69 Å². The molecule has 0 radical (unpaired) electrons. The minimum atomic E-state index is -1.65. The number of nitro benzene ring substituents is 4. The van der Waals surface area contributed by atoms with Gasteiger partial charge in [-0.25, -0.2) is 9.78 Å². The molecule has 0 bridgehead atoms. The molecular formula is C18H13N7O10. The van der Waals surface area contributed by atoms with E-state index in [9.17, 15) is 50.4 Å². The summed E-state index contributed by atoms with van der Waals surface area (Å²) >= 11 is 0. The lowest BCUT2D eigenvalue weighted by Crippen LogP contribution is -2.32. The van der Waals surface area contributed by atoms with E-state index in [4.69, 9.17) is 0 Å². The monoisotopic (exact) mass is 487 g/mol. The predicted octanol–water partition coefficient (Wildman–Crippen LogP) is 2.61. The number of carbonyl (C=O) groups is 1. The molecule has 0 aliphatic rings. The molecule has 0 aliphatic carbocycles. The van der Waals surface area contributed by atoms with Crippen molar-refractivity contribution >= 4 is 34.4 Å². The molecule has 0 fully saturated rings. The lowest BCUT2D eigenvalue weighted by molar-refractivity contribution is -0.393. The van der Waals surface area contributed by atoms with Crippen molar-refractivity contribution in [2.75, 3.05) is 5.32 Å². The Morgan fingerprint density at radius 1 is 0.886 bits per heavy atom. The van der Waals surface area contributed by atoms with Crippen molar-refractivity contribution < 1.29 is 29.6 Å². The Bertz CT molecular complexity index is 1300. The molecule has 0 saturated heterocycles. The van der Waals surface area contributed by atoms with Crippen LogP contribution in [0.5, 0.6) is 0 Å². The number of nitrogens with zero attached hydrogens (tertiary/aromatic N) is 6. The molecule has 0 spiro atoms. The average Bonchev–Trinajstić information content (AvgIpc) is 3.25. The van der Waals surface area contributed by atoms with E-state index in [1.807, 2.05) is 0 Å². The number of imidazole rings is 1. The number of hydrogen-bond donors (Lipinski definition) is 2. The minimum absolute atomic E-state index is 0.0291. The predicted molar refractivity (Wildman–Crippen MR) is 115 cm³/mol. The van der Waals surface area contributed by atoms with Crippen molar-refractivity contribution in [3.63, 3.8) is 0 Å². The van der Waals surface area contributed by atoms with Gasteiger partial charge in [-0.15, -0.1) is 0 Å². The van der Waals surface area contributed by atoms with Crippen molar-refractivity contribution in [2.24, 2.45) is 0 Å². The van der Waals surface area contributed by atoms with Crippen molar-refractivity contribution in [2.45, 2.75) is 12.5 Å². The number of carboxylic acid groups (broad SMARTS) is 1. The Labute approximate surface area is 192 Å². The molecule has 17 nitrogen and oxygen atoms in total. The van der Waals surface area contributed by atoms with Gasteiger partial charge < -0.3 is 10.4 Å². The summed E-state index contributed by atoms with van der Waals surface area (Å²) in [6.45, 7) is 0. The first kappa shape index (κ1) is 24.2. The molecule has 2 aromatic carbocycles. The van der Waals surface area contributed by atoms with E-state index in [1.165, 1.54) is 0 Å². The number of carboxylic acids is 1. The van der Waals surface area contributed by atoms with E-state index in [0.29, 0.717) is 0 Å². The molecule has 1 unspecified atom stereocenters. The van der Waals surface area contributed by atoms with Gasteiger partial charge in [0.1, 0.15) is 6.04 Å². The summed E-state index contributed by atoms with van der Waals surface area (Å²) in [6.07, 6.45) is 1.62. The minimum Gasteiger partial charge on any atom is -0.480 e. The molecule has 0 saturated carbocycles. The van der Waals surface area contributed by atoms with E-state index >= 15 is 0 Å². The van der Waals surface area contributed by atoms with Crippen molar-refractivity contribution in [3.8, 4) is 5.69 Å². The van der Waals surface area contributed by atoms with Gasteiger partial charge in [0.05, 0.1) is 31.7 Å². The smallest absolute Gasteiger partial charge is 0.326 e. The zero-order chi connectivity index (χ0) is 25.9. The first-order valence-electron chi connectivity index (χ1n) is 9.37. The molecule has 3 rings (SSSR count). The van der Waals surface area contributed by atoms with Gasteiger partial charge in [0, 0.05) is 36.9 Å². The van der Waals surface area contributed by atoms with Crippen molar-refractivity contribution in [1.29, 1.82) is 0 Å². The maximum Gasteiger partial charge on any atom is 0.326 e. The molecule has 0 amide bonds. The summed E-state index contributed by atoms with van der Waals surface area (Å²) in [5.74, 6) is -1.54. The third-order valence-electron chi connectivity index (χ3n) is 4.72. The highest BCUT2D eigenvalue weighted by molar-refractivity contribution is 5.82. The van der Waals surface area contributed by atoms with E-state index in [2.05, 4.69) is 10.3 Å². The molecular weight excluding hydrogens is 474 g/mol. The standard InChI is InChI=1S/C18H13N7O10/c26-18(27)11(20-16-12(22(28)29)3-1-4-13(16)23(30)31)7-10-8-21(9-19-10)17-14(24(32)33)5-2-6-15(17)25(34)35/h1-6,8-9,11,20H,7H2,(H,26,27). The van der Waals surface area contributed by atoms with Crippen LogP contribution in [0.4, 0.5) is 28.4 Å². The van der Waals surface area contributed by atoms with Crippen LogP contribution in [0.15, 0.2) is 48.9 Å². The Morgan fingerprint density at radius 3 is 1.77 bits per heavy atom. The van der Waals surface area contributed by atoms with Crippen LogP contribution in [-0.2, 0) is 11.2 Å². The van der Waals surface area contributed by atoms with Gasteiger partial charge in [0.25, 0.3) is 22.7 Å². The summed E-state index contributed by atoms with van der Waals surface area (Å²) in [6, 6.07) is 4.53. The Hall–Kier alpha value is -5.48. The number of benzene rings is 2. The average molecular weight is 487 g/mol. The molecule has 1 atom stereocenters. The largest absolute Gasteiger partial charge is 0.480 e. The number of aromatic nitrogens is 2. The summed E-state index contributed by atoms with van der Waals surface area (Å²) in [5.41, 5.74) is -3.76. The van der Waals surface area contributed by atoms with Crippen LogP contribution in [0.1, 0.15) is 5.69 Å². The highest BCUT2D eigenvalue weighted by atomic mass is 16.6. The molecule has 35 heavy (non-hydrogen) atoms. The van der Waals surface area contributed by atoms with Crippen LogP contribution < -0.4 is 5.32 Å².